The number of rotatable bonds is 7. The molecule has 0 aromatic rings. The van der Waals surface area contributed by atoms with Gasteiger partial charge in [0.25, 0.3) is 0 Å². The molecule has 0 aliphatic heterocycles. The van der Waals surface area contributed by atoms with E-state index < -0.39 is 0 Å². The molecule has 0 saturated heterocycles. The van der Waals surface area contributed by atoms with Crippen LogP contribution in [0.4, 0.5) is 0 Å². The Balaban J connectivity index is 2.85. The predicted molar refractivity (Wildman–Crippen MR) is 87.4 cm³/mol. The molecule has 0 amide bonds. The van der Waals surface area contributed by atoms with Crippen LogP contribution in [0.3, 0.4) is 0 Å². The lowest BCUT2D eigenvalue weighted by molar-refractivity contribution is 0.104. The van der Waals surface area contributed by atoms with Gasteiger partial charge in [0, 0.05) is 0 Å². The maximum atomic E-state index is 2.56. The third-order valence-electron chi connectivity index (χ3n) is 5.98. The van der Waals surface area contributed by atoms with Crippen LogP contribution >= 0.6 is 0 Å². The summed E-state index contributed by atoms with van der Waals surface area (Å²) in [6.07, 6.45) is 13.0. The standard InChI is InChI=1S/C19H38/c1-6-10-12-15(5)19-17(8-3)14-11-13-16(7-2)18(19)9-4/h15-19H,6-14H2,1-5H3. The quantitative estimate of drug-likeness (QED) is 0.450. The minimum atomic E-state index is 0.946. The molecule has 114 valence electrons. The molecular formula is C19H38. The lowest BCUT2D eigenvalue weighted by Crippen LogP contribution is -2.31. The third kappa shape index (κ3) is 4.50. The highest BCUT2D eigenvalue weighted by atomic mass is 14.4. The highest BCUT2D eigenvalue weighted by Crippen LogP contribution is 2.46. The number of hydrogen-bond acceptors (Lipinski definition) is 0. The van der Waals surface area contributed by atoms with Crippen LogP contribution < -0.4 is 0 Å². The molecule has 1 fully saturated rings. The van der Waals surface area contributed by atoms with Crippen molar-refractivity contribution in [2.75, 3.05) is 0 Å². The molecule has 0 radical (unpaired) electrons. The molecule has 5 atom stereocenters. The summed E-state index contributed by atoms with van der Waals surface area (Å²) in [5.41, 5.74) is 0. The zero-order chi connectivity index (χ0) is 14.3. The van der Waals surface area contributed by atoms with Crippen molar-refractivity contribution < 1.29 is 0 Å². The minimum Gasteiger partial charge on any atom is -0.0654 e. The van der Waals surface area contributed by atoms with E-state index in [0.29, 0.717) is 0 Å². The van der Waals surface area contributed by atoms with Gasteiger partial charge in [-0.2, -0.15) is 0 Å². The first-order valence-electron chi connectivity index (χ1n) is 9.19. The van der Waals surface area contributed by atoms with Crippen LogP contribution in [0, 0.1) is 29.6 Å². The fraction of sp³-hybridized carbons (Fsp3) is 1.00. The van der Waals surface area contributed by atoms with Gasteiger partial charge in [0.2, 0.25) is 0 Å². The van der Waals surface area contributed by atoms with Gasteiger partial charge in [-0.15, -0.1) is 0 Å². The molecule has 5 unspecified atom stereocenters. The van der Waals surface area contributed by atoms with E-state index in [0.717, 1.165) is 29.6 Å². The van der Waals surface area contributed by atoms with Gasteiger partial charge in [-0.1, -0.05) is 92.4 Å². The molecule has 19 heavy (non-hydrogen) atoms. The topological polar surface area (TPSA) is 0 Å². The van der Waals surface area contributed by atoms with Crippen molar-refractivity contribution in [3.05, 3.63) is 0 Å². The Morgan fingerprint density at radius 3 is 2.05 bits per heavy atom. The summed E-state index contributed by atoms with van der Waals surface area (Å²) >= 11 is 0. The van der Waals surface area contributed by atoms with Crippen molar-refractivity contribution in [1.82, 2.24) is 0 Å². The summed E-state index contributed by atoms with van der Waals surface area (Å²) in [6.45, 7) is 12.2. The molecule has 0 nitrogen and oxygen atoms in total. The maximum absolute atomic E-state index is 2.56. The third-order valence-corrected chi connectivity index (χ3v) is 5.98. The van der Waals surface area contributed by atoms with Crippen LogP contribution in [0.2, 0.25) is 0 Å². The molecule has 0 bridgehead atoms. The highest BCUT2D eigenvalue weighted by Gasteiger charge is 2.37. The fourth-order valence-corrected chi connectivity index (χ4v) is 4.91. The van der Waals surface area contributed by atoms with Crippen molar-refractivity contribution in [3.63, 3.8) is 0 Å². The molecule has 1 rings (SSSR count). The van der Waals surface area contributed by atoms with E-state index in [-0.39, 0.29) is 0 Å². The van der Waals surface area contributed by atoms with Gasteiger partial charge in [-0.3, -0.25) is 0 Å². The van der Waals surface area contributed by atoms with E-state index in [1.54, 1.807) is 0 Å². The van der Waals surface area contributed by atoms with Crippen LogP contribution in [0.15, 0.2) is 0 Å². The van der Waals surface area contributed by atoms with Crippen LogP contribution in [0.1, 0.15) is 92.4 Å². The zero-order valence-electron chi connectivity index (χ0n) is 14.3. The number of hydrogen-bond donors (Lipinski definition) is 0. The molecule has 0 spiro atoms. The van der Waals surface area contributed by atoms with E-state index >= 15 is 0 Å². The average molecular weight is 267 g/mol. The van der Waals surface area contributed by atoms with Crippen molar-refractivity contribution in [2.24, 2.45) is 29.6 Å². The summed E-state index contributed by atoms with van der Waals surface area (Å²) in [5, 5.41) is 0. The van der Waals surface area contributed by atoms with Gasteiger partial charge >= 0.3 is 0 Å². The van der Waals surface area contributed by atoms with Gasteiger partial charge in [-0.05, 0) is 29.6 Å². The molecule has 0 N–H and O–H groups in total. The molecule has 0 heterocycles. The van der Waals surface area contributed by atoms with E-state index in [2.05, 4.69) is 34.6 Å². The molecule has 1 aliphatic carbocycles. The lowest BCUT2D eigenvalue weighted by Gasteiger charge is -2.39. The maximum Gasteiger partial charge on any atom is -0.0329 e. The van der Waals surface area contributed by atoms with E-state index in [1.165, 1.54) is 57.8 Å². The summed E-state index contributed by atoms with van der Waals surface area (Å²) < 4.78 is 0. The van der Waals surface area contributed by atoms with Crippen LogP contribution in [0.5, 0.6) is 0 Å². The Kier molecular flexibility index (Phi) is 8.11. The van der Waals surface area contributed by atoms with Crippen molar-refractivity contribution >= 4 is 0 Å². The lowest BCUT2D eigenvalue weighted by atomic mass is 9.67. The van der Waals surface area contributed by atoms with Crippen molar-refractivity contribution in [3.8, 4) is 0 Å². The first-order chi connectivity index (χ1) is 9.19. The Morgan fingerprint density at radius 1 is 0.895 bits per heavy atom. The number of unbranched alkanes of at least 4 members (excludes halogenated alkanes) is 1. The Hall–Kier alpha value is 0. The molecule has 0 heteroatoms. The first-order valence-corrected chi connectivity index (χ1v) is 9.19. The van der Waals surface area contributed by atoms with Crippen LogP contribution in [0.25, 0.3) is 0 Å². The summed E-state index contributed by atoms with van der Waals surface area (Å²) in [5.74, 6) is 4.98. The second-order valence-corrected chi connectivity index (χ2v) is 7.04. The smallest absolute Gasteiger partial charge is 0.0329 e. The first kappa shape index (κ1) is 17.1. The normalized spacial score (nSPS) is 33.9. The second-order valence-electron chi connectivity index (χ2n) is 7.04. The highest BCUT2D eigenvalue weighted by molar-refractivity contribution is 4.86. The molecular weight excluding hydrogens is 228 g/mol. The second kappa shape index (κ2) is 9.03. The van der Waals surface area contributed by atoms with Gasteiger partial charge < -0.3 is 0 Å². The van der Waals surface area contributed by atoms with Crippen LogP contribution in [-0.4, -0.2) is 0 Å². The van der Waals surface area contributed by atoms with Gasteiger partial charge in [0.15, 0.2) is 0 Å². The Labute approximate surface area is 122 Å². The van der Waals surface area contributed by atoms with Crippen molar-refractivity contribution in [1.29, 1.82) is 0 Å². The summed E-state index contributed by atoms with van der Waals surface area (Å²) in [7, 11) is 0. The van der Waals surface area contributed by atoms with E-state index in [4.69, 9.17) is 0 Å². The molecule has 0 aromatic carbocycles. The summed E-state index contributed by atoms with van der Waals surface area (Å²) in [6, 6.07) is 0. The largest absolute Gasteiger partial charge is 0.0654 e. The minimum absolute atomic E-state index is 0.946. The van der Waals surface area contributed by atoms with E-state index in [1.807, 2.05) is 0 Å². The van der Waals surface area contributed by atoms with Gasteiger partial charge in [0.1, 0.15) is 0 Å². The Bertz CT molecular complexity index is 220. The SMILES string of the molecule is CCCCC(C)C1C(CC)CCCC(CC)C1CC. The predicted octanol–water partition coefficient (Wildman–Crippen LogP) is 6.69. The molecule has 0 aromatic heterocycles. The van der Waals surface area contributed by atoms with E-state index in [9.17, 15) is 0 Å². The Morgan fingerprint density at radius 2 is 1.53 bits per heavy atom. The van der Waals surface area contributed by atoms with Crippen molar-refractivity contribution in [2.45, 2.75) is 92.4 Å². The van der Waals surface area contributed by atoms with Crippen LogP contribution in [-0.2, 0) is 0 Å². The molecule has 1 saturated carbocycles. The fourth-order valence-electron chi connectivity index (χ4n) is 4.91. The zero-order valence-corrected chi connectivity index (χ0v) is 14.3. The summed E-state index contributed by atoms with van der Waals surface area (Å²) in [4.78, 5) is 0. The molecule has 1 aliphatic rings. The monoisotopic (exact) mass is 266 g/mol. The average Bonchev–Trinajstić information content (AvgIpc) is 2.62. The van der Waals surface area contributed by atoms with Gasteiger partial charge in [0.05, 0.1) is 0 Å². The van der Waals surface area contributed by atoms with Gasteiger partial charge in [-0.25, -0.2) is 0 Å².